The van der Waals surface area contributed by atoms with Gasteiger partial charge in [-0.25, -0.2) is 0 Å². The van der Waals surface area contributed by atoms with Crippen LogP contribution in [0, 0.1) is 27.7 Å². The van der Waals surface area contributed by atoms with Crippen LogP contribution in [0.15, 0.2) is 69.1 Å². The van der Waals surface area contributed by atoms with E-state index in [9.17, 15) is 0 Å². The van der Waals surface area contributed by atoms with Crippen LogP contribution in [-0.2, 0) is 25.7 Å². The first-order chi connectivity index (χ1) is 20.4. The molecule has 42 heavy (non-hydrogen) atoms. The molecular formula is C38H42NO2P. The molecule has 0 amide bonds. The Balaban J connectivity index is 1.52. The second-order valence-electron chi connectivity index (χ2n) is 12.8. The van der Waals surface area contributed by atoms with Gasteiger partial charge in [0, 0.05) is 17.8 Å². The Hall–Kier alpha value is -3.26. The molecule has 4 aromatic carbocycles. The average Bonchev–Trinajstić information content (AvgIpc) is 3.14. The Bertz CT molecular complexity index is 1700. The Morgan fingerprint density at radius 2 is 0.976 bits per heavy atom. The van der Waals surface area contributed by atoms with Crippen molar-refractivity contribution in [2.75, 3.05) is 11.7 Å². The summed E-state index contributed by atoms with van der Waals surface area (Å²) >= 11 is 0. The lowest BCUT2D eigenvalue weighted by molar-refractivity contribution is 0.616. The molecule has 0 bridgehead atoms. The van der Waals surface area contributed by atoms with Crippen LogP contribution >= 0.6 is 8.16 Å². The van der Waals surface area contributed by atoms with Gasteiger partial charge < -0.3 is 8.39 Å². The van der Waals surface area contributed by atoms with Gasteiger partial charge in [-0.1, -0.05) is 70.8 Å². The third-order valence-corrected chi connectivity index (χ3v) is 10.8. The molecule has 3 nitrogen and oxygen atoms in total. The van der Waals surface area contributed by atoms with Crippen molar-refractivity contribution in [3.63, 3.8) is 0 Å². The number of hydrogen-bond acceptors (Lipinski definition) is 3. The van der Waals surface area contributed by atoms with Crippen molar-refractivity contribution in [1.82, 2.24) is 0 Å². The normalized spacial score (nSPS) is 14.9. The van der Waals surface area contributed by atoms with Crippen molar-refractivity contribution in [2.45, 2.75) is 85.1 Å². The van der Waals surface area contributed by atoms with Crippen molar-refractivity contribution in [2.24, 2.45) is 0 Å². The van der Waals surface area contributed by atoms with Gasteiger partial charge in [-0.05, 0) is 125 Å². The van der Waals surface area contributed by atoms with Crippen LogP contribution in [0.25, 0.3) is 21.9 Å². The molecule has 0 spiro atoms. The Labute approximate surface area is 251 Å². The number of rotatable bonds is 4. The van der Waals surface area contributed by atoms with Crippen molar-refractivity contribution >= 4 is 30.1 Å². The van der Waals surface area contributed by atoms with E-state index >= 15 is 0 Å². The van der Waals surface area contributed by atoms with Crippen LogP contribution in [0.3, 0.4) is 0 Å². The minimum atomic E-state index is -1.45. The molecule has 5 aromatic rings. The van der Waals surface area contributed by atoms with E-state index in [0.717, 1.165) is 36.8 Å². The number of benzene rings is 4. The summed E-state index contributed by atoms with van der Waals surface area (Å²) in [5.41, 5.74) is 15.6. The fraction of sp³-hybridized carbons (Fsp3) is 0.368. The SMILES string of the molecule is Cc1cc(C)cc(C(c2cc(C)cc(C)c2)N(C)p2oc3ccc4c(c3c3c5c(ccc3o2)CCCC5)CCCC4)c1. The van der Waals surface area contributed by atoms with E-state index in [1.807, 2.05) is 0 Å². The summed E-state index contributed by atoms with van der Waals surface area (Å²) in [4.78, 5) is 0. The molecule has 0 aliphatic heterocycles. The van der Waals surface area contributed by atoms with Crippen LogP contribution in [0.4, 0.5) is 0 Å². The summed E-state index contributed by atoms with van der Waals surface area (Å²) in [6, 6.07) is 22.9. The minimum Gasteiger partial charge on any atom is -0.408 e. The van der Waals surface area contributed by atoms with Crippen LogP contribution in [0.5, 0.6) is 0 Å². The van der Waals surface area contributed by atoms with Gasteiger partial charge in [0.15, 0.2) is 0 Å². The van der Waals surface area contributed by atoms with Gasteiger partial charge in [0.1, 0.15) is 11.2 Å². The molecule has 2 aliphatic carbocycles. The zero-order valence-corrected chi connectivity index (χ0v) is 26.6. The summed E-state index contributed by atoms with van der Waals surface area (Å²) in [6.07, 6.45) is 9.57. The number of hydrogen-bond donors (Lipinski definition) is 0. The highest BCUT2D eigenvalue weighted by Crippen LogP contribution is 2.46. The lowest BCUT2D eigenvalue weighted by atomic mass is 9.84. The predicted molar refractivity (Wildman–Crippen MR) is 177 cm³/mol. The van der Waals surface area contributed by atoms with Crippen molar-refractivity contribution in [1.29, 1.82) is 0 Å². The van der Waals surface area contributed by atoms with E-state index in [4.69, 9.17) is 8.39 Å². The van der Waals surface area contributed by atoms with Gasteiger partial charge in [0.25, 0.3) is 0 Å². The molecule has 0 N–H and O–H groups in total. The van der Waals surface area contributed by atoms with E-state index in [-0.39, 0.29) is 6.04 Å². The first kappa shape index (κ1) is 27.6. The average molecular weight is 576 g/mol. The van der Waals surface area contributed by atoms with Gasteiger partial charge in [-0.3, -0.25) is 0 Å². The lowest BCUT2D eigenvalue weighted by Crippen LogP contribution is -2.23. The van der Waals surface area contributed by atoms with E-state index in [0.29, 0.717) is 0 Å². The highest BCUT2D eigenvalue weighted by atomic mass is 31.1. The third-order valence-electron chi connectivity index (χ3n) is 9.34. The monoisotopic (exact) mass is 575 g/mol. The molecule has 0 unspecified atom stereocenters. The van der Waals surface area contributed by atoms with Gasteiger partial charge in [-0.2, -0.15) is 4.67 Å². The maximum Gasteiger partial charge on any atom is 0.310 e. The summed E-state index contributed by atoms with van der Waals surface area (Å²) in [7, 11) is 0.737. The topological polar surface area (TPSA) is 29.5 Å². The van der Waals surface area contributed by atoms with E-state index in [1.165, 1.54) is 92.1 Å². The fourth-order valence-electron chi connectivity index (χ4n) is 7.68. The fourth-order valence-corrected chi connectivity index (χ4v) is 9.07. The van der Waals surface area contributed by atoms with Crippen LogP contribution in [0.1, 0.15) is 87.4 Å². The molecule has 0 saturated heterocycles. The van der Waals surface area contributed by atoms with Crippen molar-refractivity contribution in [3.8, 4) is 0 Å². The van der Waals surface area contributed by atoms with E-state index in [2.05, 4.69) is 100 Å². The predicted octanol–water partition coefficient (Wildman–Crippen LogP) is 10.6. The van der Waals surface area contributed by atoms with Gasteiger partial charge in [0.2, 0.25) is 0 Å². The summed E-state index contributed by atoms with van der Waals surface area (Å²) < 4.78 is 16.5. The third kappa shape index (κ3) is 5.01. The van der Waals surface area contributed by atoms with Crippen LogP contribution in [0.2, 0.25) is 0 Å². The maximum absolute atomic E-state index is 7.07. The number of fused-ring (bicyclic) bond motifs is 7. The second kappa shape index (κ2) is 11.1. The largest absolute Gasteiger partial charge is 0.408 e. The summed E-state index contributed by atoms with van der Waals surface area (Å²) in [5, 5.41) is 2.63. The first-order valence-electron chi connectivity index (χ1n) is 15.7. The molecule has 216 valence electrons. The first-order valence-corrected chi connectivity index (χ1v) is 16.8. The molecule has 4 heteroatoms. The highest BCUT2D eigenvalue weighted by molar-refractivity contribution is 7.38. The molecular weight excluding hydrogens is 533 g/mol. The Kier molecular flexibility index (Phi) is 7.29. The molecule has 0 atom stereocenters. The number of aryl methyl sites for hydroxylation is 8. The molecule has 1 heterocycles. The zero-order chi connectivity index (χ0) is 29.0. The quantitative estimate of drug-likeness (QED) is 0.213. The van der Waals surface area contributed by atoms with Crippen molar-refractivity contribution < 1.29 is 8.39 Å². The van der Waals surface area contributed by atoms with E-state index in [1.54, 1.807) is 0 Å². The zero-order valence-electron chi connectivity index (χ0n) is 25.7. The van der Waals surface area contributed by atoms with E-state index < -0.39 is 8.16 Å². The molecule has 0 saturated carbocycles. The second-order valence-corrected chi connectivity index (χ2v) is 14.3. The standard InChI is InChI=1S/C38H42NO2P/c1-24-18-25(2)21-30(20-24)38(31-22-26(3)19-27(4)23-31)39(5)42-40-34-16-14-28-10-6-8-12-32(28)36(34)37-33-13-9-7-11-29(33)15-17-35(37)41-42/h14-23,38H,6-13H2,1-5H3. The molecule has 0 fully saturated rings. The minimum absolute atomic E-state index is 0.00596. The van der Waals surface area contributed by atoms with Gasteiger partial charge in [-0.15, -0.1) is 0 Å². The summed E-state index contributed by atoms with van der Waals surface area (Å²) in [5.74, 6) is 0. The highest BCUT2D eigenvalue weighted by Gasteiger charge is 2.27. The number of nitrogens with zero attached hydrogens (tertiary/aromatic N) is 1. The Morgan fingerprint density at radius 3 is 1.40 bits per heavy atom. The summed E-state index contributed by atoms with van der Waals surface area (Å²) in [6.45, 7) is 8.77. The van der Waals surface area contributed by atoms with Gasteiger partial charge in [0.05, 0.1) is 6.04 Å². The molecule has 0 radical (unpaired) electrons. The Morgan fingerprint density at radius 1 is 0.571 bits per heavy atom. The smallest absolute Gasteiger partial charge is 0.310 e. The molecule has 1 aromatic heterocycles. The molecule has 7 rings (SSSR count). The van der Waals surface area contributed by atoms with Gasteiger partial charge >= 0.3 is 8.16 Å². The van der Waals surface area contributed by atoms with Crippen LogP contribution < -0.4 is 4.67 Å². The lowest BCUT2D eigenvalue weighted by Gasteiger charge is -2.27. The molecule has 2 aliphatic rings. The van der Waals surface area contributed by atoms with Crippen molar-refractivity contribution in [3.05, 3.63) is 116 Å². The maximum atomic E-state index is 7.07. The van der Waals surface area contributed by atoms with Crippen LogP contribution in [-0.4, -0.2) is 7.05 Å².